The van der Waals surface area contributed by atoms with Crippen LogP contribution in [-0.4, -0.2) is 82.7 Å². The van der Waals surface area contributed by atoms with Crippen molar-refractivity contribution in [3.8, 4) is 0 Å². The summed E-state index contributed by atoms with van der Waals surface area (Å²) in [5.41, 5.74) is 5.85. The Morgan fingerprint density at radius 3 is 2.83 bits per heavy atom. The number of rotatable bonds is 10. The van der Waals surface area contributed by atoms with Crippen molar-refractivity contribution in [3.05, 3.63) is 0 Å². The van der Waals surface area contributed by atoms with Crippen LogP contribution in [0.25, 0.3) is 0 Å². The smallest absolute Gasteiger partial charge is 0.188 e. The van der Waals surface area contributed by atoms with E-state index in [0.29, 0.717) is 31.8 Å². The van der Waals surface area contributed by atoms with Gasteiger partial charge in [0.05, 0.1) is 25.9 Å². The minimum absolute atomic E-state index is 0. The van der Waals surface area contributed by atoms with E-state index >= 15 is 0 Å². The first-order valence-corrected chi connectivity index (χ1v) is 8.88. The summed E-state index contributed by atoms with van der Waals surface area (Å²) in [4.78, 5) is 6.74. The number of aliphatic imine (C=N–C) groups is 1. The Morgan fingerprint density at radius 1 is 1.25 bits per heavy atom. The highest BCUT2D eigenvalue weighted by atomic mass is 127. The van der Waals surface area contributed by atoms with Gasteiger partial charge in [-0.3, -0.25) is 9.89 Å². The fourth-order valence-electron chi connectivity index (χ4n) is 2.76. The van der Waals surface area contributed by atoms with E-state index in [1.165, 1.54) is 0 Å². The molecule has 0 amide bonds. The predicted octanol–water partition coefficient (Wildman–Crippen LogP) is 0.817. The van der Waals surface area contributed by atoms with Crippen LogP contribution in [0.5, 0.6) is 0 Å². The highest BCUT2D eigenvalue weighted by Crippen LogP contribution is 2.11. The molecule has 1 atom stereocenters. The molecule has 0 aromatic carbocycles. The molecule has 2 fully saturated rings. The third-order valence-corrected chi connectivity index (χ3v) is 4.12. The second-order valence-electron chi connectivity index (χ2n) is 6.06. The summed E-state index contributed by atoms with van der Waals surface area (Å²) in [5.74, 6) is 0.533. The SMILES string of the molecule is I.NC(=NCCCOCC1CCCO1)NCCCN1CCOCC1. The van der Waals surface area contributed by atoms with Gasteiger partial charge in [0.15, 0.2) is 5.96 Å². The van der Waals surface area contributed by atoms with Crippen LogP contribution in [0, 0.1) is 0 Å². The van der Waals surface area contributed by atoms with Crippen LogP contribution in [0.4, 0.5) is 0 Å². The molecule has 2 heterocycles. The zero-order chi connectivity index (χ0) is 16.2. The van der Waals surface area contributed by atoms with Crippen molar-refractivity contribution in [2.75, 3.05) is 65.8 Å². The lowest BCUT2D eigenvalue weighted by molar-refractivity contribution is 0.0171. The summed E-state index contributed by atoms with van der Waals surface area (Å²) in [5, 5.41) is 3.17. The topological polar surface area (TPSA) is 81.3 Å². The van der Waals surface area contributed by atoms with Gasteiger partial charge >= 0.3 is 0 Å². The van der Waals surface area contributed by atoms with Crippen molar-refractivity contribution in [3.63, 3.8) is 0 Å². The van der Waals surface area contributed by atoms with E-state index in [4.69, 9.17) is 19.9 Å². The highest BCUT2D eigenvalue weighted by Gasteiger charge is 2.14. The number of hydrogen-bond acceptors (Lipinski definition) is 5. The minimum Gasteiger partial charge on any atom is -0.379 e. The van der Waals surface area contributed by atoms with Gasteiger partial charge in [-0.2, -0.15) is 0 Å². The normalized spacial score (nSPS) is 22.3. The molecule has 2 saturated heterocycles. The van der Waals surface area contributed by atoms with E-state index in [-0.39, 0.29) is 24.0 Å². The first kappa shape index (κ1) is 21.9. The number of ether oxygens (including phenoxy) is 3. The molecule has 0 bridgehead atoms. The van der Waals surface area contributed by atoms with E-state index in [1.54, 1.807) is 0 Å². The Balaban J connectivity index is 0.00000288. The lowest BCUT2D eigenvalue weighted by atomic mass is 10.2. The van der Waals surface area contributed by atoms with Crippen molar-refractivity contribution in [1.29, 1.82) is 0 Å². The van der Waals surface area contributed by atoms with Gasteiger partial charge < -0.3 is 25.3 Å². The van der Waals surface area contributed by atoms with Crippen LogP contribution in [0.1, 0.15) is 25.7 Å². The van der Waals surface area contributed by atoms with Crippen molar-refractivity contribution in [2.24, 2.45) is 10.7 Å². The lowest BCUT2D eigenvalue weighted by Crippen LogP contribution is -2.39. The van der Waals surface area contributed by atoms with E-state index in [0.717, 1.165) is 71.7 Å². The molecule has 0 spiro atoms. The second kappa shape index (κ2) is 14.1. The predicted molar refractivity (Wildman–Crippen MR) is 106 cm³/mol. The molecule has 2 aliphatic heterocycles. The fraction of sp³-hybridized carbons (Fsp3) is 0.938. The first-order valence-electron chi connectivity index (χ1n) is 8.88. The summed E-state index contributed by atoms with van der Waals surface area (Å²) in [6.45, 7) is 8.73. The average Bonchev–Trinajstić information content (AvgIpc) is 3.09. The number of halogens is 1. The maximum Gasteiger partial charge on any atom is 0.188 e. The molecule has 142 valence electrons. The van der Waals surface area contributed by atoms with Crippen molar-refractivity contribution in [2.45, 2.75) is 31.8 Å². The van der Waals surface area contributed by atoms with Gasteiger partial charge in [-0.25, -0.2) is 0 Å². The molecule has 3 N–H and O–H groups in total. The molecular weight excluding hydrogens is 423 g/mol. The van der Waals surface area contributed by atoms with Gasteiger partial charge in [0.2, 0.25) is 0 Å². The van der Waals surface area contributed by atoms with Crippen LogP contribution in [0.15, 0.2) is 4.99 Å². The van der Waals surface area contributed by atoms with Gasteiger partial charge in [0, 0.05) is 39.4 Å². The molecule has 1 unspecified atom stereocenters. The number of nitrogens with one attached hydrogen (secondary N) is 1. The number of guanidine groups is 1. The monoisotopic (exact) mass is 456 g/mol. The van der Waals surface area contributed by atoms with Crippen LogP contribution in [0.2, 0.25) is 0 Å². The quantitative estimate of drug-likeness (QED) is 0.219. The zero-order valence-corrected chi connectivity index (χ0v) is 16.9. The summed E-state index contributed by atoms with van der Waals surface area (Å²) in [7, 11) is 0. The molecule has 0 aromatic heterocycles. The third-order valence-electron chi connectivity index (χ3n) is 4.12. The summed E-state index contributed by atoms with van der Waals surface area (Å²) >= 11 is 0. The van der Waals surface area contributed by atoms with Crippen molar-refractivity contribution < 1.29 is 14.2 Å². The highest BCUT2D eigenvalue weighted by molar-refractivity contribution is 14.0. The van der Waals surface area contributed by atoms with Crippen molar-refractivity contribution >= 4 is 29.9 Å². The Kier molecular flexibility index (Phi) is 12.8. The van der Waals surface area contributed by atoms with Gasteiger partial charge in [-0.15, -0.1) is 24.0 Å². The molecule has 0 aliphatic carbocycles. The first-order chi connectivity index (χ1) is 11.3. The largest absolute Gasteiger partial charge is 0.379 e. The number of hydrogen-bond donors (Lipinski definition) is 2. The summed E-state index contributed by atoms with van der Waals surface area (Å²) < 4.78 is 16.4. The van der Waals surface area contributed by atoms with Gasteiger partial charge in [-0.1, -0.05) is 0 Å². The van der Waals surface area contributed by atoms with E-state index in [2.05, 4.69) is 15.2 Å². The zero-order valence-electron chi connectivity index (χ0n) is 14.6. The molecule has 7 nitrogen and oxygen atoms in total. The Bertz CT molecular complexity index is 335. The van der Waals surface area contributed by atoms with Gasteiger partial charge in [0.25, 0.3) is 0 Å². The standard InChI is InChI=1S/C16H32N4O3.HI/c17-16(18-5-2-7-20-8-12-21-13-9-20)19-6-3-10-22-14-15-4-1-11-23-15;/h15H,1-14H2,(H3,17,18,19);1H. The molecule has 0 saturated carbocycles. The van der Waals surface area contributed by atoms with Gasteiger partial charge in [0.1, 0.15) is 0 Å². The third kappa shape index (κ3) is 9.97. The average molecular weight is 456 g/mol. The molecular formula is C16H33IN4O3. The number of nitrogens with two attached hydrogens (primary N) is 1. The molecule has 24 heavy (non-hydrogen) atoms. The van der Waals surface area contributed by atoms with E-state index in [9.17, 15) is 0 Å². The Labute approximate surface area is 162 Å². The molecule has 0 radical (unpaired) electrons. The van der Waals surface area contributed by atoms with E-state index < -0.39 is 0 Å². The second-order valence-corrected chi connectivity index (χ2v) is 6.06. The Morgan fingerprint density at radius 2 is 2.08 bits per heavy atom. The summed E-state index contributed by atoms with van der Waals surface area (Å²) in [6, 6.07) is 0. The maximum atomic E-state index is 5.85. The van der Waals surface area contributed by atoms with Crippen LogP contribution < -0.4 is 11.1 Å². The Hall–Kier alpha value is -0.160. The van der Waals surface area contributed by atoms with Crippen LogP contribution in [0.3, 0.4) is 0 Å². The molecule has 0 aromatic rings. The summed E-state index contributed by atoms with van der Waals surface area (Å²) in [6.07, 6.45) is 4.55. The van der Waals surface area contributed by atoms with Crippen molar-refractivity contribution in [1.82, 2.24) is 10.2 Å². The number of nitrogens with zero attached hydrogens (tertiary/aromatic N) is 2. The van der Waals surface area contributed by atoms with Crippen LogP contribution >= 0.6 is 24.0 Å². The maximum absolute atomic E-state index is 5.85. The van der Waals surface area contributed by atoms with E-state index in [1.807, 2.05) is 0 Å². The molecule has 8 heteroatoms. The van der Waals surface area contributed by atoms with Gasteiger partial charge in [-0.05, 0) is 32.2 Å². The molecule has 2 aliphatic rings. The molecule has 2 rings (SSSR count). The lowest BCUT2D eigenvalue weighted by Gasteiger charge is -2.26. The minimum atomic E-state index is 0. The fourth-order valence-corrected chi connectivity index (χ4v) is 2.76. The van der Waals surface area contributed by atoms with Crippen LogP contribution in [-0.2, 0) is 14.2 Å². The number of morpholine rings is 1.